The fourth-order valence-electron chi connectivity index (χ4n) is 2.85. The third-order valence-electron chi connectivity index (χ3n) is 3.99. The number of carbonyl (C=O) groups is 1. The quantitative estimate of drug-likeness (QED) is 0.610. The first-order valence-corrected chi connectivity index (χ1v) is 9.53. The number of aromatic nitrogens is 4. The summed E-state index contributed by atoms with van der Waals surface area (Å²) in [4.78, 5) is 22.9. The minimum atomic E-state index is -0.0296. The molecule has 0 saturated carbocycles. The molecule has 0 bridgehead atoms. The summed E-state index contributed by atoms with van der Waals surface area (Å²) < 4.78 is 1.86. The average molecular weight is 348 g/mol. The lowest BCUT2D eigenvalue weighted by atomic mass is 10.3. The van der Waals surface area contributed by atoms with Crippen LogP contribution in [0.1, 0.15) is 33.1 Å². The van der Waals surface area contributed by atoms with Crippen LogP contribution in [0.15, 0.2) is 11.4 Å². The second kappa shape index (κ2) is 7.83. The lowest BCUT2D eigenvalue weighted by Crippen LogP contribution is -2.25. The molecule has 0 atom stereocenters. The van der Waals surface area contributed by atoms with Gasteiger partial charge in [0, 0.05) is 32.3 Å². The smallest absolute Gasteiger partial charge is 0.216 e. The molecule has 3 heterocycles. The van der Waals surface area contributed by atoms with E-state index in [9.17, 15) is 4.79 Å². The van der Waals surface area contributed by atoms with Gasteiger partial charge >= 0.3 is 0 Å². The Hall–Kier alpha value is -1.83. The molecule has 24 heavy (non-hydrogen) atoms. The van der Waals surface area contributed by atoms with E-state index in [4.69, 9.17) is 9.97 Å². The first-order chi connectivity index (χ1) is 11.7. The Kier molecular flexibility index (Phi) is 5.55. The van der Waals surface area contributed by atoms with E-state index in [1.54, 1.807) is 11.8 Å². The molecule has 1 aliphatic rings. The summed E-state index contributed by atoms with van der Waals surface area (Å²) in [7, 11) is 0. The van der Waals surface area contributed by atoms with E-state index in [0.717, 1.165) is 47.3 Å². The summed E-state index contributed by atoms with van der Waals surface area (Å²) in [6.45, 7) is 6.92. The second-order valence-corrected chi connectivity index (χ2v) is 7.02. The molecule has 1 saturated heterocycles. The van der Waals surface area contributed by atoms with Gasteiger partial charge in [0.05, 0.1) is 18.1 Å². The molecule has 0 unspecified atom stereocenters. The predicted molar refractivity (Wildman–Crippen MR) is 96.5 cm³/mol. The molecular formula is C16H24N6OS. The highest BCUT2D eigenvalue weighted by atomic mass is 32.2. The van der Waals surface area contributed by atoms with Gasteiger partial charge in [0.15, 0.2) is 10.8 Å². The van der Waals surface area contributed by atoms with Crippen molar-refractivity contribution in [3.8, 4) is 0 Å². The Morgan fingerprint density at radius 1 is 1.33 bits per heavy atom. The maximum absolute atomic E-state index is 11.1. The highest BCUT2D eigenvalue weighted by Gasteiger charge is 2.20. The van der Waals surface area contributed by atoms with Gasteiger partial charge in [-0.05, 0) is 19.3 Å². The highest BCUT2D eigenvalue weighted by Crippen LogP contribution is 2.29. The maximum Gasteiger partial charge on any atom is 0.216 e. The number of nitrogens with one attached hydrogen (secondary N) is 1. The SMILES string of the molecule is CCCSc1nc(N2CCCC2)c2cnn(CCNC(C)=O)c2n1. The Balaban J connectivity index is 1.92. The van der Waals surface area contributed by atoms with Crippen LogP contribution in [0.2, 0.25) is 0 Å². The van der Waals surface area contributed by atoms with Crippen LogP contribution in [0.3, 0.4) is 0 Å². The average Bonchev–Trinajstić information content (AvgIpc) is 3.22. The minimum absolute atomic E-state index is 0.0296. The van der Waals surface area contributed by atoms with Crippen molar-refractivity contribution in [1.82, 2.24) is 25.1 Å². The van der Waals surface area contributed by atoms with Crippen molar-refractivity contribution in [2.45, 2.75) is 44.8 Å². The number of fused-ring (bicyclic) bond motifs is 1. The summed E-state index contributed by atoms with van der Waals surface area (Å²) in [5.74, 6) is 1.98. The van der Waals surface area contributed by atoms with Crippen LogP contribution in [0.25, 0.3) is 11.0 Å². The van der Waals surface area contributed by atoms with E-state index < -0.39 is 0 Å². The zero-order valence-electron chi connectivity index (χ0n) is 14.3. The zero-order valence-corrected chi connectivity index (χ0v) is 15.1. The van der Waals surface area contributed by atoms with Crippen molar-refractivity contribution in [2.75, 3.05) is 30.3 Å². The van der Waals surface area contributed by atoms with Crippen molar-refractivity contribution in [2.24, 2.45) is 0 Å². The predicted octanol–water partition coefficient (Wildman–Crippen LogP) is 2.06. The topological polar surface area (TPSA) is 75.9 Å². The summed E-state index contributed by atoms with van der Waals surface area (Å²) in [6, 6.07) is 0. The van der Waals surface area contributed by atoms with Gasteiger partial charge in [0.25, 0.3) is 0 Å². The lowest BCUT2D eigenvalue weighted by molar-refractivity contribution is -0.118. The van der Waals surface area contributed by atoms with Crippen molar-refractivity contribution in [3.05, 3.63) is 6.20 Å². The summed E-state index contributed by atoms with van der Waals surface area (Å²) in [6.07, 6.45) is 5.36. The number of hydrogen-bond acceptors (Lipinski definition) is 6. The van der Waals surface area contributed by atoms with Crippen LogP contribution in [-0.4, -0.2) is 51.0 Å². The van der Waals surface area contributed by atoms with E-state index in [2.05, 4.69) is 22.2 Å². The minimum Gasteiger partial charge on any atom is -0.356 e. The molecule has 130 valence electrons. The number of thioether (sulfide) groups is 1. The Bertz CT molecular complexity index is 710. The standard InChI is InChI=1S/C16H24N6OS/c1-3-10-24-16-19-14(21-7-4-5-8-21)13-11-18-22(15(13)20-16)9-6-17-12(2)23/h11H,3-10H2,1-2H3,(H,17,23). The van der Waals surface area contributed by atoms with E-state index >= 15 is 0 Å². The molecule has 7 nitrogen and oxygen atoms in total. The van der Waals surface area contributed by atoms with Gasteiger partial charge in [-0.2, -0.15) is 5.10 Å². The Morgan fingerprint density at radius 3 is 2.83 bits per heavy atom. The van der Waals surface area contributed by atoms with Gasteiger partial charge in [-0.1, -0.05) is 18.7 Å². The van der Waals surface area contributed by atoms with Crippen molar-refractivity contribution in [1.29, 1.82) is 0 Å². The molecule has 1 aliphatic heterocycles. The summed E-state index contributed by atoms with van der Waals surface area (Å²) >= 11 is 1.69. The Labute approximate surface area is 146 Å². The van der Waals surface area contributed by atoms with Crippen LogP contribution in [0.5, 0.6) is 0 Å². The van der Waals surface area contributed by atoms with Crippen molar-refractivity contribution >= 4 is 34.5 Å². The molecule has 3 rings (SSSR count). The van der Waals surface area contributed by atoms with Gasteiger partial charge < -0.3 is 10.2 Å². The van der Waals surface area contributed by atoms with Gasteiger partial charge in [0.1, 0.15) is 5.82 Å². The van der Waals surface area contributed by atoms with Crippen molar-refractivity contribution < 1.29 is 4.79 Å². The molecule has 0 spiro atoms. The van der Waals surface area contributed by atoms with E-state index in [1.165, 1.54) is 19.8 Å². The van der Waals surface area contributed by atoms with Gasteiger partial charge in [0.2, 0.25) is 5.91 Å². The molecule has 1 amide bonds. The van der Waals surface area contributed by atoms with E-state index in [-0.39, 0.29) is 5.91 Å². The van der Waals surface area contributed by atoms with Crippen LogP contribution in [-0.2, 0) is 11.3 Å². The fourth-order valence-corrected chi connectivity index (χ4v) is 3.54. The summed E-state index contributed by atoms with van der Waals surface area (Å²) in [5.41, 5.74) is 0.857. The van der Waals surface area contributed by atoms with Crippen LogP contribution < -0.4 is 10.2 Å². The zero-order chi connectivity index (χ0) is 16.9. The monoisotopic (exact) mass is 348 g/mol. The maximum atomic E-state index is 11.1. The fraction of sp³-hybridized carbons (Fsp3) is 0.625. The number of rotatable bonds is 7. The second-order valence-electron chi connectivity index (χ2n) is 5.96. The number of carbonyl (C=O) groups excluding carboxylic acids is 1. The highest BCUT2D eigenvalue weighted by molar-refractivity contribution is 7.99. The molecule has 0 radical (unpaired) electrons. The number of amides is 1. The first-order valence-electron chi connectivity index (χ1n) is 8.54. The molecule has 0 aromatic carbocycles. The third-order valence-corrected chi connectivity index (χ3v) is 5.05. The number of hydrogen-bond donors (Lipinski definition) is 1. The molecule has 8 heteroatoms. The van der Waals surface area contributed by atoms with Crippen LogP contribution in [0.4, 0.5) is 5.82 Å². The van der Waals surface area contributed by atoms with Gasteiger partial charge in [-0.25, -0.2) is 14.6 Å². The van der Waals surface area contributed by atoms with Crippen LogP contribution in [0, 0.1) is 0 Å². The molecule has 1 N–H and O–H groups in total. The summed E-state index contributed by atoms with van der Waals surface area (Å²) in [5, 5.41) is 9.09. The normalized spacial score (nSPS) is 14.5. The molecule has 0 aliphatic carbocycles. The number of anilines is 1. The molecule has 1 fully saturated rings. The van der Waals surface area contributed by atoms with Crippen LogP contribution >= 0.6 is 11.8 Å². The van der Waals surface area contributed by atoms with Gasteiger partial charge in [-0.15, -0.1) is 0 Å². The molecule has 2 aromatic rings. The third kappa shape index (κ3) is 3.80. The largest absolute Gasteiger partial charge is 0.356 e. The van der Waals surface area contributed by atoms with Crippen molar-refractivity contribution in [3.63, 3.8) is 0 Å². The Morgan fingerprint density at radius 2 is 2.12 bits per heavy atom. The first kappa shape index (κ1) is 17.0. The molecule has 2 aromatic heterocycles. The van der Waals surface area contributed by atoms with E-state index in [1.807, 2.05) is 10.9 Å². The lowest BCUT2D eigenvalue weighted by Gasteiger charge is -2.18. The number of nitrogens with zero attached hydrogens (tertiary/aromatic N) is 5. The molecular weight excluding hydrogens is 324 g/mol. The van der Waals surface area contributed by atoms with E-state index in [0.29, 0.717) is 13.1 Å². The van der Waals surface area contributed by atoms with Gasteiger partial charge in [-0.3, -0.25) is 4.79 Å².